The number of anilines is 1. The van der Waals surface area contributed by atoms with E-state index in [9.17, 15) is 10.1 Å². The van der Waals surface area contributed by atoms with Gasteiger partial charge in [-0.3, -0.25) is 4.79 Å². The highest BCUT2D eigenvalue weighted by Gasteiger charge is 2.36. The van der Waals surface area contributed by atoms with Crippen molar-refractivity contribution in [2.75, 3.05) is 24.5 Å². The Balaban J connectivity index is 1.90. The Bertz CT molecular complexity index is 660. The number of nitrogens with zero attached hydrogens (tertiary/aromatic N) is 4. The summed E-state index contributed by atoms with van der Waals surface area (Å²) in [6.07, 6.45) is 2.99. The van der Waals surface area contributed by atoms with Crippen molar-refractivity contribution in [2.24, 2.45) is 11.8 Å². The average Bonchev–Trinajstić information content (AvgIpc) is 3.37. The Morgan fingerprint density at radius 3 is 2.75 bits per heavy atom. The highest BCUT2D eigenvalue weighted by atomic mass is 16.2. The molecule has 1 aromatic heterocycles. The van der Waals surface area contributed by atoms with Crippen molar-refractivity contribution in [3.05, 3.63) is 23.4 Å². The molecule has 1 saturated carbocycles. The van der Waals surface area contributed by atoms with E-state index in [1.165, 1.54) is 12.8 Å². The van der Waals surface area contributed by atoms with E-state index in [0.29, 0.717) is 30.4 Å². The minimum Gasteiger partial charge on any atom is -0.353 e. The van der Waals surface area contributed by atoms with Gasteiger partial charge in [-0.05, 0) is 43.7 Å². The number of hydrogen-bond donors (Lipinski definition) is 0. The Hall–Kier alpha value is -2.09. The molecule has 1 saturated heterocycles. The molecule has 2 aliphatic rings. The molecule has 128 valence electrons. The molecule has 0 radical (unpaired) electrons. The van der Waals surface area contributed by atoms with E-state index in [0.717, 1.165) is 24.6 Å². The highest BCUT2D eigenvalue weighted by molar-refractivity contribution is 5.78. The maximum absolute atomic E-state index is 12.7. The van der Waals surface area contributed by atoms with Crippen LogP contribution >= 0.6 is 0 Å². The van der Waals surface area contributed by atoms with E-state index in [2.05, 4.69) is 34.7 Å². The van der Waals surface area contributed by atoms with Crippen LogP contribution in [0.4, 0.5) is 5.82 Å². The predicted molar refractivity (Wildman–Crippen MR) is 93.6 cm³/mol. The number of amides is 1. The molecule has 2 heterocycles. The molecule has 3 rings (SSSR count). The van der Waals surface area contributed by atoms with Crippen molar-refractivity contribution in [2.45, 2.75) is 46.1 Å². The molecule has 1 aliphatic heterocycles. The van der Waals surface area contributed by atoms with Gasteiger partial charge in [-0.1, -0.05) is 13.8 Å². The molecule has 1 atom stereocenters. The largest absolute Gasteiger partial charge is 0.353 e. The molecule has 1 aromatic rings. The molecule has 24 heavy (non-hydrogen) atoms. The number of nitriles is 1. The van der Waals surface area contributed by atoms with Crippen LogP contribution in [0.25, 0.3) is 0 Å². The lowest BCUT2D eigenvalue weighted by Crippen LogP contribution is -2.47. The quantitative estimate of drug-likeness (QED) is 0.853. The Labute approximate surface area is 144 Å². The average molecular weight is 326 g/mol. The Morgan fingerprint density at radius 1 is 1.38 bits per heavy atom. The normalized spacial score (nSPS) is 21.8. The summed E-state index contributed by atoms with van der Waals surface area (Å²) in [7, 11) is 0. The van der Waals surface area contributed by atoms with Crippen molar-refractivity contribution in [3.8, 4) is 6.07 Å². The smallest absolute Gasteiger partial charge is 0.224 e. The second kappa shape index (κ2) is 6.80. The molecule has 0 N–H and O–H groups in total. The summed E-state index contributed by atoms with van der Waals surface area (Å²) in [5, 5.41) is 9.42. The summed E-state index contributed by atoms with van der Waals surface area (Å²) < 4.78 is 0. The van der Waals surface area contributed by atoms with Gasteiger partial charge in [0, 0.05) is 31.7 Å². The number of carbonyl (C=O) groups is 1. The van der Waals surface area contributed by atoms with E-state index >= 15 is 0 Å². The fourth-order valence-electron chi connectivity index (χ4n) is 3.43. The number of aromatic nitrogens is 1. The van der Waals surface area contributed by atoms with Gasteiger partial charge in [-0.15, -0.1) is 0 Å². The number of hydrogen-bond acceptors (Lipinski definition) is 4. The monoisotopic (exact) mass is 326 g/mol. The van der Waals surface area contributed by atoms with Gasteiger partial charge in [0.2, 0.25) is 5.91 Å². The van der Waals surface area contributed by atoms with Crippen molar-refractivity contribution < 1.29 is 4.79 Å². The van der Waals surface area contributed by atoms with Crippen LogP contribution < -0.4 is 4.90 Å². The van der Waals surface area contributed by atoms with Crippen LogP contribution in [0, 0.1) is 30.1 Å². The van der Waals surface area contributed by atoms with Gasteiger partial charge in [0.25, 0.3) is 0 Å². The number of carbonyl (C=O) groups excluding carboxylic acids is 1. The molecule has 0 bridgehead atoms. The Morgan fingerprint density at radius 2 is 2.12 bits per heavy atom. The van der Waals surface area contributed by atoms with Gasteiger partial charge in [-0.25, -0.2) is 4.98 Å². The molecule has 0 spiro atoms. The molecular weight excluding hydrogens is 300 g/mol. The first-order valence-electron chi connectivity index (χ1n) is 8.91. The molecule has 1 amide bonds. The number of aryl methyl sites for hydroxylation is 1. The van der Waals surface area contributed by atoms with Crippen LogP contribution in [-0.2, 0) is 4.79 Å². The zero-order chi connectivity index (χ0) is 17.3. The molecular formula is C19H26N4O. The zero-order valence-corrected chi connectivity index (χ0v) is 14.8. The molecule has 5 heteroatoms. The van der Waals surface area contributed by atoms with Crippen LogP contribution in [0.2, 0.25) is 0 Å². The van der Waals surface area contributed by atoms with E-state index in [-0.39, 0.29) is 11.9 Å². The standard InChI is InChI=1S/C19H26N4O/c1-13(2)17-12-22(19-16(10-20)7-4-14(3)21-19)9-8-18(24)23(17)11-15-5-6-15/h4,7,13,15,17H,5-6,8-9,11-12H2,1-3H3. The van der Waals surface area contributed by atoms with Crippen LogP contribution in [0.15, 0.2) is 12.1 Å². The van der Waals surface area contributed by atoms with Gasteiger partial charge in [0.1, 0.15) is 11.9 Å². The molecule has 1 aliphatic carbocycles. The molecule has 5 nitrogen and oxygen atoms in total. The van der Waals surface area contributed by atoms with Gasteiger partial charge in [0.15, 0.2) is 0 Å². The van der Waals surface area contributed by atoms with Crippen molar-refractivity contribution >= 4 is 11.7 Å². The fraction of sp³-hybridized carbons (Fsp3) is 0.632. The second-order valence-corrected chi connectivity index (χ2v) is 7.43. The van der Waals surface area contributed by atoms with Gasteiger partial charge in [-0.2, -0.15) is 5.26 Å². The minimum absolute atomic E-state index is 0.175. The first-order chi connectivity index (χ1) is 11.5. The first-order valence-corrected chi connectivity index (χ1v) is 8.91. The summed E-state index contributed by atoms with van der Waals surface area (Å²) in [6.45, 7) is 8.57. The van der Waals surface area contributed by atoms with Crippen LogP contribution in [0.3, 0.4) is 0 Å². The maximum atomic E-state index is 12.7. The predicted octanol–water partition coefficient (Wildman–Crippen LogP) is 2.74. The third-order valence-corrected chi connectivity index (χ3v) is 5.08. The first kappa shape index (κ1) is 16.8. The third kappa shape index (κ3) is 3.53. The maximum Gasteiger partial charge on any atom is 0.224 e. The summed E-state index contributed by atoms with van der Waals surface area (Å²) in [4.78, 5) is 21.5. The summed E-state index contributed by atoms with van der Waals surface area (Å²) in [5.41, 5.74) is 1.49. The number of rotatable bonds is 4. The van der Waals surface area contributed by atoms with Crippen LogP contribution in [-0.4, -0.2) is 41.5 Å². The Kier molecular flexibility index (Phi) is 4.75. The zero-order valence-electron chi connectivity index (χ0n) is 14.8. The topological polar surface area (TPSA) is 60.2 Å². The fourth-order valence-corrected chi connectivity index (χ4v) is 3.43. The highest BCUT2D eigenvalue weighted by Crippen LogP contribution is 2.33. The van der Waals surface area contributed by atoms with Gasteiger partial charge < -0.3 is 9.80 Å². The molecule has 2 fully saturated rings. The van der Waals surface area contributed by atoms with E-state index in [4.69, 9.17) is 0 Å². The van der Waals surface area contributed by atoms with E-state index < -0.39 is 0 Å². The van der Waals surface area contributed by atoms with Crippen molar-refractivity contribution in [3.63, 3.8) is 0 Å². The van der Waals surface area contributed by atoms with Gasteiger partial charge in [0.05, 0.1) is 11.6 Å². The van der Waals surface area contributed by atoms with Crippen molar-refractivity contribution in [1.82, 2.24) is 9.88 Å². The van der Waals surface area contributed by atoms with Gasteiger partial charge >= 0.3 is 0 Å². The minimum atomic E-state index is 0.175. The lowest BCUT2D eigenvalue weighted by molar-refractivity contribution is -0.133. The molecule has 0 aromatic carbocycles. The van der Waals surface area contributed by atoms with E-state index in [1.807, 2.05) is 19.1 Å². The SMILES string of the molecule is Cc1ccc(C#N)c(N2CCC(=O)N(CC3CC3)C(C(C)C)C2)n1. The van der Waals surface area contributed by atoms with Crippen molar-refractivity contribution in [1.29, 1.82) is 5.26 Å². The van der Waals surface area contributed by atoms with Crippen LogP contribution in [0.1, 0.15) is 44.4 Å². The van der Waals surface area contributed by atoms with E-state index in [1.54, 1.807) is 0 Å². The number of pyridine rings is 1. The summed E-state index contributed by atoms with van der Waals surface area (Å²) in [6, 6.07) is 6.12. The summed E-state index contributed by atoms with van der Waals surface area (Å²) in [5.74, 6) is 2.04. The third-order valence-electron chi connectivity index (χ3n) is 5.08. The summed E-state index contributed by atoms with van der Waals surface area (Å²) >= 11 is 0. The molecule has 1 unspecified atom stereocenters. The lowest BCUT2D eigenvalue weighted by atomic mass is 10.0. The lowest BCUT2D eigenvalue weighted by Gasteiger charge is -2.35. The van der Waals surface area contributed by atoms with Crippen LogP contribution in [0.5, 0.6) is 0 Å². The second-order valence-electron chi connectivity index (χ2n) is 7.43.